The number of tetrazole rings is 1. The fraction of sp³-hybridized carbons (Fsp3) is 0.296. The van der Waals surface area contributed by atoms with Gasteiger partial charge in [-0.05, 0) is 76.4 Å². The Morgan fingerprint density at radius 1 is 1.16 bits per heavy atom. The van der Waals surface area contributed by atoms with Gasteiger partial charge in [0.15, 0.2) is 23.8 Å². The maximum atomic E-state index is 13.9. The van der Waals surface area contributed by atoms with Crippen molar-refractivity contribution in [3.63, 3.8) is 0 Å². The van der Waals surface area contributed by atoms with Crippen LogP contribution in [0.5, 0.6) is 17.2 Å². The number of carbonyl (C=O) groups is 2. The largest absolute Gasteiger partial charge is 0.494 e. The first-order valence-corrected chi connectivity index (χ1v) is 12.4. The van der Waals surface area contributed by atoms with Gasteiger partial charge in [-0.3, -0.25) is 9.59 Å². The van der Waals surface area contributed by atoms with Gasteiger partial charge in [-0.15, -0.1) is 5.10 Å². The molecule has 0 aliphatic carbocycles. The van der Waals surface area contributed by atoms with E-state index in [0.29, 0.717) is 61.0 Å². The molecule has 2 aromatic carbocycles. The average molecular weight is 515 g/mol. The number of fused-ring (bicyclic) bond motifs is 9. The highest BCUT2D eigenvalue weighted by molar-refractivity contribution is 5.95. The van der Waals surface area contributed by atoms with Crippen molar-refractivity contribution < 1.29 is 23.8 Å². The van der Waals surface area contributed by atoms with E-state index in [1.54, 1.807) is 25.4 Å². The van der Waals surface area contributed by atoms with Crippen LogP contribution in [0.25, 0.3) is 5.65 Å². The van der Waals surface area contributed by atoms with Gasteiger partial charge in [0, 0.05) is 19.3 Å². The smallest absolute Gasteiger partial charge is 0.257 e. The predicted octanol–water partition coefficient (Wildman–Crippen LogP) is 2.20. The molecule has 1 N–H and O–H groups in total. The van der Waals surface area contributed by atoms with Gasteiger partial charge in [-0.25, -0.2) is 0 Å². The second-order valence-corrected chi connectivity index (χ2v) is 9.17. The van der Waals surface area contributed by atoms with E-state index in [-0.39, 0.29) is 18.4 Å². The summed E-state index contributed by atoms with van der Waals surface area (Å²) >= 11 is 0. The molecule has 3 aliphatic heterocycles. The molecule has 11 nitrogen and oxygen atoms in total. The van der Waals surface area contributed by atoms with Gasteiger partial charge in [0.25, 0.3) is 11.8 Å². The molecule has 194 valence electrons. The number of amides is 2. The fourth-order valence-electron chi connectivity index (χ4n) is 4.97. The monoisotopic (exact) mass is 514 g/mol. The van der Waals surface area contributed by atoms with Crippen LogP contribution in [-0.2, 0) is 11.2 Å². The summed E-state index contributed by atoms with van der Waals surface area (Å²) in [5, 5.41) is 14.4. The molecule has 0 fully saturated rings. The number of aromatic nitrogens is 4. The van der Waals surface area contributed by atoms with Crippen molar-refractivity contribution in [3.8, 4) is 17.2 Å². The van der Waals surface area contributed by atoms with E-state index in [2.05, 4.69) is 20.8 Å². The van der Waals surface area contributed by atoms with Gasteiger partial charge >= 0.3 is 0 Å². The Morgan fingerprint density at radius 3 is 2.97 bits per heavy atom. The molecule has 0 saturated carbocycles. The molecular formula is C27H26N6O5. The average Bonchev–Trinajstić information content (AvgIpc) is 3.42. The number of hydrogen-bond donors (Lipinski definition) is 1. The first kappa shape index (κ1) is 23.7. The number of hydrogen-bond acceptors (Lipinski definition) is 8. The highest BCUT2D eigenvalue weighted by Gasteiger charge is 2.34. The normalized spacial score (nSPS) is 17.4. The SMILES string of the molecule is COc1cc2c3cc1OCC(=O)NCCCOc1cccc(c1)C2N(C(=O)c1ccc2nnnn2c1)CC3. The highest BCUT2D eigenvalue weighted by atomic mass is 16.5. The molecule has 4 aromatic rings. The zero-order valence-electron chi connectivity index (χ0n) is 20.8. The predicted molar refractivity (Wildman–Crippen MR) is 135 cm³/mol. The Hall–Kier alpha value is -4.67. The molecule has 11 heteroatoms. The number of pyridine rings is 1. The Balaban J connectivity index is 1.46. The summed E-state index contributed by atoms with van der Waals surface area (Å²) in [6, 6.07) is 14.6. The summed E-state index contributed by atoms with van der Waals surface area (Å²) in [5.41, 5.74) is 3.89. The van der Waals surface area contributed by atoms with Crippen LogP contribution in [0.4, 0.5) is 0 Å². The zero-order chi connectivity index (χ0) is 26.1. The summed E-state index contributed by atoms with van der Waals surface area (Å²) in [4.78, 5) is 28.1. The fourth-order valence-corrected chi connectivity index (χ4v) is 4.97. The second kappa shape index (κ2) is 10.0. The van der Waals surface area contributed by atoms with Gasteiger partial charge < -0.3 is 24.4 Å². The maximum Gasteiger partial charge on any atom is 0.257 e. The number of methoxy groups -OCH3 is 1. The van der Waals surface area contributed by atoms with Crippen molar-refractivity contribution in [1.29, 1.82) is 0 Å². The molecule has 0 saturated heterocycles. The summed E-state index contributed by atoms with van der Waals surface area (Å²) < 4.78 is 19.0. The molecule has 6 bridgehead atoms. The van der Waals surface area contributed by atoms with Gasteiger partial charge in [0.2, 0.25) is 0 Å². The minimum Gasteiger partial charge on any atom is -0.494 e. The Labute approximate surface area is 218 Å². The van der Waals surface area contributed by atoms with Gasteiger partial charge in [0.05, 0.1) is 25.3 Å². The van der Waals surface area contributed by atoms with E-state index in [9.17, 15) is 9.59 Å². The van der Waals surface area contributed by atoms with Crippen LogP contribution in [0.2, 0.25) is 0 Å². The topological polar surface area (TPSA) is 120 Å². The molecule has 1 unspecified atom stereocenters. The molecule has 38 heavy (non-hydrogen) atoms. The lowest BCUT2D eigenvalue weighted by atomic mass is 9.87. The van der Waals surface area contributed by atoms with E-state index in [1.807, 2.05) is 41.3 Å². The summed E-state index contributed by atoms with van der Waals surface area (Å²) in [5.74, 6) is 1.32. The number of ether oxygens (including phenoxy) is 3. The van der Waals surface area contributed by atoms with Crippen molar-refractivity contribution >= 4 is 17.5 Å². The third kappa shape index (κ3) is 4.47. The van der Waals surface area contributed by atoms with E-state index < -0.39 is 6.04 Å². The third-order valence-electron chi connectivity index (χ3n) is 6.80. The van der Waals surface area contributed by atoms with Crippen molar-refractivity contribution in [2.75, 3.05) is 33.4 Å². The lowest BCUT2D eigenvalue weighted by Gasteiger charge is -2.38. The minimum atomic E-state index is -0.404. The van der Waals surface area contributed by atoms with Crippen molar-refractivity contribution in [2.45, 2.75) is 18.9 Å². The summed E-state index contributed by atoms with van der Waals surface area (Å²) in [7, 11) is 1.56. The number of nitrogens with one attached hydrogen (secondary N) is 1. The molecule has 7 rings (SSSR count). The molecule has 2 aromatic heterocycles. The Kier molecular flexibility index (Phi) is 6.24. The van der Waals surface area contributed by atoms with Crippen LogP contribution < -0.4 is 19.5 Å². The molecular weight excluding hydrogens is 488 g/mol. The van der Waals surface area contributed by atoms with E-state index in [4.69, 9.17) is 14.2 Å². The first-order chi connectivity index (χ1) is 18.6. The molecule has 2 amide bonds. The van der Waals surface area contributed by atoms with Crippen LogP contribution in [0.3, 0.4) is 0 Å². The van der Waals surface area contributed by atoms with Crippen LogP contribution in [0.15, 0.2) is 54.7 Å². The zero-order valence-corrected chi connectivity index (χ0v) is 20.8. The van der Waals surface area contributed by atoms with Gasteiger partial charge in [0.1, 0.15) is 5.75 Å². The van der Waals surface area contributed by atoms with Crippen LogP contribution in [-0.4, -0.2) is 70.2 Å². The first-order valence-electron chi connectivity index (χ1n) is 12.4. The summed E-state index contributed by atoms with van der Waals surface area (Å²) in [6.45, 7) is 1.26. The van der Waals surface area contributed by atoms with Crippen LogP contribution in [0.1, 0.15) is 39.5 Å². The Bertz CT molecular complexity index is 1520. The van der Waals surface area contributed by atoms with Crippen LogP contribution >= 0.6 is 0 Å². The van der Waals surface area contributed by atoms with Gasteiger partial charge in [-0.1, -0.05) is 12.1 Å². The molecule has 5 heterocycles. The molecule has 3 aliphatic rings. The molecule has 1 atom stereocenters. The van der Waals surface area contributed by atoms with Crippen molar-refractivity contribution in [1.82, 2.24) is 30.3 Å². The summed E-state index contributed by atoms with van der Waals surface area (Å²) in [6.07, 6.45) is 2.89. The Morgan fingerprint density at radius 2 is 2.08 bits per heavy atom. The number of nitrogens with zero attached hydrogens (tertiary/aromatic N) is 5. The standard InChI is InChI=1S/C27H26N6O5/c1-36-22-14-21-17-8-10-32(27(35)19-6-7-24-29-30-31-33(24)15-19)26(21)18-4-2-5-20(12-18)37-11-3-9-28-25(34)16-38-23(22)13-17/h2,4-7,12-15,26H,3,8-11,16H2,1H3,(H,28,34). The quantitative estimate of drug-likeness (QED) is 0.432. The highest BCUT2D eigenvalue weighted by Crippen LogP contribution is 2.42. The lowest BCUT2D eigenvalue weighted by Crippen LogP contribution is -2.40. The lowest BCUT2D eigenvalue weighted by molar-refractivity contribution is -0.123. The second-order valence-electron chi connectivity index (χ2n) is 9.17. The number of rotatable bonds is 2. The number of carbonyl (C=O) groups excluding carboxylic acids is 2. The molecule has 0 radical (unpaired) electrons. The minimum absolute atomic E-state index is 0.122. The van der Waals surface area contributed by atoms with Crippen molar-refractivity contribution in [3.05, 3.63) is 77.0 Å². The van der Waals surface area contributed by atoms with Crippen molar-refractivity contribution in [2.24, 2.45) is 0 Å². The van der Waals surface area contributed by atoms with E-state index >= 15 is 0 Å². The maximum absolute atomic E-state index is 13.9. The van der Waals surface area contributed by atoms with Crippen LogP contribution in [0, 0.1) is 0 Å². The van der Waals surface area contributed by atoms with E-state index in [0.717, 1.165) is 16.7 Å². The third-order valence-corrected chi connectivity index (χ3v) is 6.80. The van der Waals surface area contributed by atoms with Gasteiger partial charge in [-0.2, -0.15) is 4.52 Å². The van der Waals surface area contributed by atoms with E-state index in [1.165, 1.54) is 4.52 Å². The number of benzene rings is 2. The molecule has 0 spiro atoms.